The maximum Gasteiger partial charge on any atom is 0.326 e. The van der Waals surface area contributed by atoms with Gasteiger partial charge in [-0.15, -0.1) is 0 Å². The zero-order valence-corrected chi connectivity index (χ0v) is 47.8. The molecule has 1 aliphatic rings. The number of nitrogens with two attached hydrogens (primary N) is 3. The van der Waals surface area contributed by atoms with Gasteiger partial charge in [0.1, 0.15) is 54.4 Å². The van der Waals surface area contributed by atoms with Gasteiger partial charge < -0.3 is 95.0 Å². The van der Waals surface area contributed by atoms with Crippen molar-refractivity contribution < 1.29 is 82.8 Å². The number of carboxylic acid groups (broad SMARTS) is 4. The number of carbonyl (C=O) groups is 13. The van der Waals surface area contributed by atoms with Crippen LogP contribution in [0.25, 0.3) is 10.9 Å². The van der Waals surface area contributed by atoms with Gasteiger partial charge in [-0.25, -0.2) is 9.78 Å². The van der Waals surface area contributed by atoms with Crippen molar-refractivity contribution in [1.82, 2.24) is 62.4 Å². The number of nitrogens with one attached hydrogen (secondary N) is 10. The SMILES string of the molecule is CC(C)[C@H](NC(=O)[C@H](CCCN=C(N)N)NC(=O)[C@H](CC(=O)O)NC(=O)[C@H](Cc1c[nH]c2ccccc12)NC(=O)[C@H](CCC(=O)O)NC(=O)[C@H](C)NC(=O)[C@H](C)NC(=O)[C@@H](N)CCC(=O)O)C(=O)N[C@@H](Cc1cnc[nH]1)C(=O)N1CCC[C@H]1C(=O)O. The fraction of sp³-hybridized carbons (Fsp3) is 0.528. The number of imidazole rings is 1. The van der Waals surface area contributed by atoms with Crippen LogP contribution < -0.4 is 59.7 Å². The number of rotatable bonds is 35. The Morgan fingerprint density at radius 2 is 1.20 bits per heavy atom. The lowest BCUT2D eigenvalue weighted by molar-refractivity contribution is -0.149. The number of aliphatic imine (C=N–C) groups is 1. The molecule has 0 aliphatic carbocycles. The predicted molar refractivity (Wildman–Crippen MR) is 302 cm³/mol. The van der Waals surface area contributed by atoms with Crippen molar-refractivity contribution in [2.45, 2.75) is 159 Å². The lowest BCUT2D eigenvalue weighted by Gasteiger charge is -2.30. The van der Waals surface area contributed by atoms with E-state index in [1.54, 1.807) is 38.1 Å². The van der Waals surface area contributed by atoms with E-state index in [-0.39, 0.29) is 57.6 Å². The molecule has 0 unspecified atom stereocenters. The number of aromatic amines is 2. The van der Waals surface area contributed by atoms with Crippen LogP contribution in [0.3, 0.4) is 0 Å². The second-order valence-corrected chi connectivity index (χ2v) is 20.9. The molecular formula is C53H76N16O17. The highest BCUT2D eigenvalue weighted by molar-refractivity contribution is 6.00. The molecule has 470 valence electrons. The summed E-state index contributed by atoms with van der Waals surface area (Å²) in [5, 5.41) is 58.4. The van der Waals surface area contributed by atoms with Crippen LogP contribution in [0.2, 0.25) is 0 Å². The molecule has 1 aromatic carbocycles. The molecule has 4 rings (SSSR count). The molecule has 0 saturated carbocycles. The first kappa shape index (κ1) is 68.8. The topological polar surface area (TPSA) is 537 Å². The first-order valence-corrected chi connectivity index (χ1v) is 27.5. The van der Waals surface area contributed by atoms with Crippen LogP contribution >= 0.6 is 0 Å². The Bertz CT molecular complexity index is 2960. The summed E-state index contributed by atoms with van der Waals surface area (Å²) in [6, 6.07) is -8.26. The van der Waals surface area contributed by atoms with Crippen molar-refractivity contribution in [3.63, 3.8) is 0 Å². The standard InChI is InChI=1S/C53H76N16O17/c1-25(2)42(50(83)67-37(20-29-23-57-24-60-29)51(84)69-18-8-12-38(69)52(85)86)68-47(80)33(11-7-17-58-53(55)56)64-49(82)36(21-41(74)75)66-48(81)35(19-28-22-59-32-10-6-5-9-30(28)32)65-46(79)34(14-16-40(72)73)63-44(77)27(4)61-43(76)26(3)62-45(78)31(54)13-15-39(70)71/h5-6,9-10,22-27,31,33-38,42,59H,7-8,11-21,54H2,1-4H3,(H,57,60)(H,61,76)(H,62,78)(H,63,77)(H,64,82)(H,65,79)(H,66,81)(H,67,83)(H,68,80)(H,70,71)(H,72,73)(H,74,75)(H,85,86)(H4,55,56,58)/t26-,27-,31-,33-,34-,35-,36-,37-,38-,42-/m0/s1. The number of likely N-dealkylation sites (tertiary alicyclic amines) is 1. The monoisotopic (exact) mass is 1210 g/mol. The maximum atomic E-state index is 14.6. The van der Waals surface area contributed by atoms with Crippen molar-refractivity contribution in [2.24, 2.45) is 28.1 Å². The minimum atomic E-state index is -2.01. The third kappa shape index (κ3) is 21.5. The molecule has 3 aromatic rings. The zero-order chi connectivity index (χ0) is 63.9. The van der Waals surface area contributed by atoms with Gasteiger partial charge in [0.05, 0.1) is 18.8 Å². The summed E-state index contributed by atoms with van der Waals surface area (Å²) in [6.45, 7) is 5.60. The number of benzene rings is 1. The third-order valence-electron chi connectivity index (χ3n) is 13.8. The Hall–Kier alpha value is -9.69. The number of carbonyl (C=O) groups excluding carboxylic acids is 9. The Balaban J connectivity index is 1.61. The summed E-state index contributed by atoms with van der Waals surface area (Å²) in [6.07, 6.45) is 0.964. The van der Waals surface area contributed by atoms with Gasteiger partial charge in [0.15, 0.2) is 5.96 Å². The molecule has 2 aromatic heterocycles. The molecule has 86 heavy (non-hydrogen) atoms. The Kier molecular flexibility index (Phi) is 26.4. The number of fused-ring (bicyclic) bond motifs is 1. The van der Waals surface area contributed by atoms with E-state index in [4.69, 9.17) is 22.3 Å². The Morgan fingerprint density at radius 3 is 1.81 bits per heavy atom. The van der Waals surface area contributed by atoms with Gasteiger partial charge in [-0.05, 0) is 69.9 Å². The number of hydrogen-bond donors (Lipinski definition) is 17. The van der Waals surface area contributed by atoms with Gasteiger partial charge in [-0.3, -0.25) is 62.5 Å². The predicted octanol–water partition coefficient (Wildman–Crippen LogP) is -4.09. The molecule has 0 radical (unpaired) electrons. The van der Waals surface area contributed by atoms with E-state index in [0.717, 1.165) is 4.90 Å². The fourth-order valence-corrected chi connectivity index (χ4v) is 9.09. The normalized spacial score (nSPS) is 16.0. The van der Waals surface area contributed by atoms with E-state index in [0.29, 0.717) is 28.6 Å². The molecule has 33 nitrogen and oxygen atoms in total. The highest BCUT2D eigenvalue weighted by Gasteiger charge is 2.40. The molecule has 20 N–H and O–H groups in total. The summed E-state index contributed by atoms with van der Waals surface area (Å²) in [5.41, 5.74) is 18.1. The fourth-order valence-electron chi connectivity index (χ4n) is 9.09. The molecule has 33 heteroatoms. The average molecular weight is 1210 g/mol. The molecule has 1 saturated heterocycles. The van der Waals surface area contributed by atoms with Crippen LogP contribution in [0.5, 0.6) is 0 Å². The van der Waals surface area contributed by atoms with Gasteiger partial charge in [0.25, 0.3) is 0 Å². The van der Waals surface area contributed by atoms with Crippen molar-refractivity contribution in [1.29, 1.82) is 0 Å². The number of nitrogens with zero attached hydrogens (tertiary/aromatic N) is 3. The van der Waals surface area contributed by atoms with Crippen LogP contribution in [0.1, 0.15) is 96.7 Å². The third-order valence-corrected chi connectivity index (χ3v) is 13.8. The lowest BCUT2D eigenvalue weighted by Crippen LogP contribution is -2.61. The van der Waals surface area contributed by atoms with Gasteiger partial charge in [0, 0.05) is 67.8 Å². The Labute approximate surface area is 491 Å². The van der Waals surface area contributed by atoms with Gasteiger partial charge in [-0.1, -0.05) is 32.0 Å². The van der Waals surface area contributed by atoms with Crippen molar-refractivity contribution in [3.8, 4) is 0 Å². The van der Waals surface area contributed by atoms with Crippen LogP contribution in [-0.2, 0) is 75.2 Å². The summed E-state index contributed by atoms with van der Waals surface area (Å²) < 4.78 is 0. The zero-order valence-electron chi connectivity index (χ0n) is 47.8. The van der Waals surface area contributed by atoms with E-state index in [1.165, 1.54) is 32.6 Å². The Morgan fingerprint density at radius 1 is 0.640 bits per heavy atom. The minimum Gasteiger partial charge on any atom is -0.481 e. The van der Waals surface area contributed by atoms with E-state index < -0.39 is 169 Å². The van der Waals surface area contributed by atoms with E-state index in [1.807, 2.05) is 0 Å². The molecule has 1 aliphatic heterocycles. The van der Waals surface area contributed by atoms with Crippen molar-refractivity contribution in [2.75, 3.05) is 13.1 Å². The number of H-pyrrole nitrogens is 2. The van der Waals surface area contributed by atoms with E-state index in [9.17, 15) is 77.6 Å². The highest BCUT2D eigenvalue weighted by Crippen LogP contribution is 2.22. The number of hydrogen-bond acceptors (Lipinski definition) is 16. The van der Waals surface area contributed by atoms with Crippen LogP contribution in [-0.4, -0.2) is 197 Å². The molecule has 1 fully saturated rings. The van der Waals surface area contributed by atoms with Crippen molar-refractivity contribution >= 4 is 93.9 Å². The number of amides is 9. The second-order valence-electron chi connectivity index (χ2n) is 20.9. The maximum absolute atomic E-state index is 14.6. The molecular weight excluding hydrogens is 1130 g/mol. The molecule has 0 spiro atoms. The summed E-state index contributed by atoms with van der Waals surface area (Å²) >= 11 is 0. The summed E-state index contributed by atoms with van der Waals surface area (Å²) in [5.74, 6) is -15.4. The first-order chi connectivity index (χ1) is 40.6. The van der Waals surface area contributed by atoms with E-state index >= 15 is 0 Å². The minimum absolute atomic E-state index is 0.000344. The molecule has 3 heterocycles. The first-order valence-electron chi connectivity index (χ1n) is 27.5. The number of aromatic nitrogens is 3. The number of carboxylic acids is 4. The lowest BCUT2D eigenvalue weighted by atomic mass is 10.0. The quantitative estimate of drug-likeness (QED) is 0.0151. The smallest absolute Gasteiger partial charge is 0.326 e. The summed E-state index contributed by atoms with van der Waals surface area (Å²) in [4.78, 5) is 187. The van der Waals surface area contributed by atoms with Crippen LogP contribution in [0, 0.1) is 5.92 Å². The molecule has 10 atom stereocenters. The molecule has 9 amide bonds. The van der Waals surface area contributed by atoms with Crippen molar-refractivity contribution in [3.05, 3.63) is 54.2 Å². The number of para-hydroxylation sites is 1. The highest BCUT2D eigenvalue weighted by atomic mass is 16.4. The van der Waals surface area contributed by atoms with Crippen LogP contribution in [0.4, 0.5) is 0 Å². The van der Waals surface area contributed by atoms with Crippen LogP contribution in [0.15, 0.2) is 48.0 Å². The number of guanidine groups is 1. The summed E-state index contributed by atoms with van der Waals surface area (Å²) in [7, 11) is 0. The second kappa shape index (κ2) is 33.0. The van der Waals surface area contributed by atoms with Gasteiger partial charge in [-0.2, -0.15) is 0 Å². The van der Waals surface area contributed by atoms with Gasteiger partial charge >= 0.3 is 23.9 Å². The largest absolute Gasteiger partial charge is 0.481 e. The van der Waals surface area contributed by atoms with Gasteiger partial charge in [0.2, 0.25) is 53.2 Å². The van der Waals surface area contributed by atoms with E-state index in [2.05, 4.69) is 62.5 Å². The number of aliphatic carboxylic acids is 4. The molecule has 0 bridgehead atoms. The average Bonchev–Trinajstić information content (AvgIpc) is 2.44.